The summed E-state index contributed by atoms with van der Waals surface area (Å²) in [6, 6.07) is 7.70. The SMILES string of the molecule is O=C(Nc1ccc(-c2csnn2)cc1)C1CCN(c2cnccn2)CC1. The van der Waals surface area contributed by atoms with Crippen molar-refractivity contribution in [1.29, 1.82) is 0 Å². The summed E-state index contributed by atoms with van der Waals surface area (Å²) in [4.78, 5) is 23.1. The Kier molecular flexibility index (Phi) is 4.83. The monoisotopic (exact) mass is 366 g/mol. The van der Waals surface area contributed by atoms with Crippen LogP contribution in [0, 0.1) is 5.92 Å². The molecular formula is C18H18N6OS. The van der Waals surface area contributed by atoms with Crippen molar-refractivity contribution in [3.8, 4) is 11.3 Å². The van der Waals surface area contributed by atoms with Gasteiger partial charge >= 0.3 is 0 Å². The van der Waals surface area contributed by atoms with E-state index in [1.54, 1.807) is 18.6 Å². The van der Waals surface area contributed by atoms with Gasteiger partial charge in [-0.2, -0.15) is 0 Å². The summed E-state index contributed by atoms with van der Waals surface area (Å²) in [7, 11) is 0. The molecule has 8 heteroatoms. The molecule has 3 heterocycles. The van der Waals surface area contributed by atoms with Crippen molar-refractivity contribution < 1.29 is 4.79 Å². The third-order valence-corrected chi connectivity index (χ3v) is 5.05. The number of benzene rings is 1. The molecule has 132 valence electrons. The van der Waals surface area contributed by atoms with Gasteiger partial charge in [0.05, 0.1) is 6.20 Å². The van der Waals surface area contributed by atoms with Crippen LogP contribution in [0.5, 0.6) is 0 Å². The van der Waals surface area contributed by atoms with Gasteiger partial charge in [-0.05, 0) is 36.5 Å². The smallest absolute Gasteiger partial charge is 0.227 e. The highest BCUT2D eigenvalue weighted by molar-refractivity contribution is 7.03. The van der Waals surface area contributed by atoms with Crippen LogP contribution in [0.25, 0.3) is 11.3 Å². The molecule has 0 aliphatic carbocycles. The molecule has 1 fully saturated rings. The Bertz CT molecular complexity index is 845. The lowest BCUT2D eigenvalue weighted by molar-refractivity contribution is -0.120. The molecule has 26 heavy (non-hydrogen) atoms. The normalized spacial score (nSPS) is 15.0. The number of amides is 1. The molecule has 0 saturated carbocycles. The van der Waals surface area contributed by atoms with E-state index < -0.39 is 0 Å². The van der Waals surface area contributed by atoms with Gasteiger partial charge in [-0.1, -0.05) is 16.6 Å². The molecule has 0 bridgehead atoms. The Morgan fingerprint density at radius 3 is 2.62 bits per heavy atom. The van der Waals surface area contributed by atoms with Crippen molar-refractivity contribution in [1.82, 2.24) is 19.6 Å². The van der Waals surface area contributed by atoms with Gasteiger partial charge in [-0.15, -0.1) is 5.10 Å². The summed E-state index contributed by atoms with van der Waals surface area (Å²) in [5, 5.41) is 8.97. The number of hydrogen-bond donors (Lipinski definition) is 1. The molecule has 1 saturated heterocycles. The molecule has 1 N–H and O–H groups in total. The maximum Gasteiger partial charge on any atom is 0.227 e. The fourth-order valence-corrected chi connectivity index (χ4v) is 3.55. The van der Waals surface area contributed by atoms with Crippen molar-refractivity contribution in [2.45, 2.75) is 12.8 Å². The lowest BCUT2D eigenvalue weighted by atomic mass is 9.96. The van der Waals surface area contributed by atoms with Crippen molar-refractivity contribution in [2.24, 2.45) is 5.92 Å². The van der Waals surface area contributed by atoms with Crippen LogP contribution >= 0.6 is 11.5 Å². The molecule has 3 aromatic rings. The van der Waals surface area contributed by atoms with Crippen LogP contribution in [0.3, 0.4) is 0 Å². The van der Waals surface area contributed by atoms with Gasteiger partial charge in [0.2, 0.25) is 5.91 Å². The summed E-state index contributed by atoms with van der Waals surface area (Å²) in [5.74, 6) is 0.968. The van der Waals surface area contributed by atoms with Gasteiger partial charge in [-0.3, -0.25) is 9.78 Å². The van der Waals surface area contributed by atoms with Crippen LogP contribution in [-0.2, 0) is 4.79 Å². The first-order chi connectivity index (χ1) is 12.8. The quantitative estimate of drug-likeness (QED) is 0.764. The highest BCUT2D eigenvalue weighted by atomic mass is 32.1. The standard InChI is InChI=1S/C18H18N6OS/c25-18(14-5-9-24(10-6-14)17-11-19-7-8-20-17)21-15-3-1-13(2-4-15)16-12-26-23-22-16/h1-4,7-8,11-12,14H,5-6,9-10H2,(H,21,25). The first kappa shape index (κ1) is 16.6. The number of rotatable bonds is 4. The van der Waals surface area contributed by atoms with Crippen molar-refractivity contribution in [2.75, 3.05) is 23.3 Å². The summed E-state index contributed by atoms with van der Waals surface area (Å²) in [6.45, 7) is 1.62. The molecule has 0 radical (unpaired) electrons. The summed E-state index contributed by atoms with van der Waals surface area (Å²) in [5.41, 5.74) is 2.65. The van der Waals surface area contributed by atoms with Crippen LogP contribution in [0.4, 0.5) is 11.5 Å². The van der Waals surface area contributed by atoms with E-state index in [0.717, 1.165) is 48.7 Å². The summed E-state index contributed by atoms with van der Waals surface area (Å²) in [6.07, 6.45) is 6.75. The first-order valence-corrected chi connectivity index (χ1v) is 9.32. The van der Waals surface area contributed by atoms with Crippen LogP contribution in [0.15, 0.2) is 48.2 Å². The Morgan fingerprint density at radius 1 is 1.15 bits per heavy atom. The molecule has 1 aliphatic rings. The van der Waals surface area contributed by atoms with E-state index in [1.165, 1.54) is 11.5 Å². The minimum absolute atomic E-state index is 0.0188. The molecule has 7 nitrogen and oxygen atoms in total. The van der Waals surface area contributed by atoms with Gasteiger partial charge < -0.3 is 10.2 Å². The Balaban J connectivity index is 1.33. The predicted octanol–water partition coefficient (Wildman–Crippen LogP) is 2.85. The van der Waals surface area contributed by atoms with Crippen molar-refractivity contribution >= 4 is 28.9 Å². The van der Waals surface area contributed by atoms with Crippen LogP contribution in [0.1, 0.15) is 12.8 Å². The third kappa shape index (κ3) is 3.70. The Labute approximate surface area is 155 Å². The van der Waals surface area contributed by atoms with Gasteiger partial charge in [0.15, 0.2) is 0 Å². The number of aromatic nitrogens is 4. The molecule has 1 amide bonds. The zero-order valence-electron chi connectivity index (χ0n) is 14.1. The molecule has 0 unspecified atom stereocenters. The minimum Gasteiger partial charge on any atom is -0.355 e. The zero-order valence-corrected chi connectivity index (χ0v) is 14.9. The molecule has 2 aromatic heterocycles. The Morgan fingerprint density at radius 2 is 1.96 bits per heavy atom. The molecule has 0 atom stereocenters. The van der Waals surface area contributed by atoms with Crippen LogP contribution in [0.2, 0.25) is 0 Å². The first-order valence-electron chi connectivity index (χ1n) is 8.49. The third-order valence-electron chi connectivity index (χ3n) is 4.55. The average molecular weight is 366 g/mol. The lowest BCUT2D eigenvalue weighted by Gasteiger charge is -2.31. The second-order valence-electron chi connectivity index (χ2n) is 6.18. The number of nitrogens with one attached hydrogen (secondary N) is 1. The van der Waals surface area contributed by atoms with Crippen LogP contribution < -0.4 is 10.2 Å². The number of carbonyl (C=O) groups excluding carboxylic acids is 1. The highest BCUT2D eigenvalue weighted by Gasteiger charge is 2.25. The number of piperidine rings is 1. The fraction of sp³-hybridized carbons (Fsp3) is 0.278. The number of carbonyl (C=O) groups is 1. The van der Waals surface area contributed by atoms with E-state index >= 15 is 0 Å². The number of nitrogens with zero attached hydrogens (tertiary/aromatic N) is 5. The maximum atomic E-state index is 12.5. The lowest BCUT2D eigenvalue weighted by Crippen LogP contribution is -2.38. The predicted molar refractivity (Wildman–Crippen MR) is 101 cm³/mol. The van der Waals surface area contributed by atoms with E-state index in [-0.39, 0.29) is 11.8 Å². The van der Waals surface area contributed by atoms with E-state index in [0.29, 0.717) is 0 Å². The maximum absolute atomic E-state index is 12.5. The average Bonchev–Trinajstić information content (AvgIpc) is 3.24. The van der Waals surface area contributed by atoms with Crippen LogP contribution in [-0.4, -0.2) is 38.6 Å². The molecular weight excluding hydrogens is 348 g/mol. The van der Waals surface area contributed by atoms with Gasteiger partial charge in [0.1, 0.15) is 11.5 Å². The second-order valence-corrected chi connectivity index (χ2v) is 6.79. The van der Waals surface area contributed by atoms with E-state index in [2.05, 4.69) is 29.8 Å². The van der Waals surface area contributed by atoms with Crippen molar-refractivity contribution in [3.63, 3.8) is 0 Å². The van der Waals surface area contributed by atoms with E-state index in [4.69, 9.17) is 0 Å². The fourth-order valence-electron chi connectivity index (χ4n) is 3.08. The molecule has 0 spiro atoms. The highest BCUT2D eigenvalue weighted by Crippen LogP contribution is 2.24. The largest absolute Gasteiger partial charge is 0.355 e. The zero-order chi connectivity index (χ0) is 17.8. The van der Waals surface area contributed by atoms with Gasteiger partial charge in [0.25, 0.3) is 0 Å². The number of hydrogen-bond acceptors (Lipinski definition) is 7. The summed E-state index contributed by atoms with van der Waals surface area (Å²) >= 11 is 1.32. The number of anilines is 2. The van der Waals surface area contributed by atoms with E-state index in [1.807, 2.05) is 29.6 Å². The van der Waals surface area contributed by atoms with Gasteiger partial charge in [-0.25, -0.2) is 4.98 Å². The van der Waals surface area contributed by atoms with E-state index in [9.17, 15) is 4.79 Å². The molecule has 1 aliphatic heterocycles. The summed E-state index contributed by atoms with van der Waals surface area (Å²) < 4.78 is 3.87. The molecule has 4 rings (SSSR count). The molecule has 1 aromatic carbocycles. The second kappa shape index (κ2) is 7.57. The topological polar surface area (TPSA) is 83.9 Å². The Hall–Kier alpha value is -2.87. The van der Waals surface area contributed by atoms with Crippen molar-refractivity contribution in [3.05, 3.63) is 48.2 Å². The van der Waals surface area contributed by atoms with Gasteiger partial charge in [0, 0.05) is 48.0 Å². The minimum atomic E-state index is 0.0188.